The van der Waals surface area contributed by atoms with Crippen LogP contribution in [0.2, 0.25) is 5.02 Å². The van der Waals surface area contributed by atoms with Gasteiger partial charge in [0.1, 0.15) is 17.3 Å². The summed E-state index contributed by atoms with van der Waals surface area (Å²) < 4.78 is 18.4. The number of hydrogen-bond donors (Lipinski definition) is 1. The molecule has 8 heteroatoms. The first kappa shape index (κ1) is 16.7. The molecule has 1 N–H and O–H groups in total. The number of halogens is 2. The Labute approximate surface area is 136 Å². The van der Waals surface area contributed by atoms with Crippen LogP contribution in [-0.2, 0) is 4.79 Å². The summed E-state index contributed by atoms with van der Waals surface area (Å²) in [5.74, 6) is -0.975. The van der Waals surface area contributed by atoms with E-state index in [2.05, 4.69) is 5.32 Å². The second kappa shape index (κ2) is 7.06. The molecule has 0 aliphatic heterocycles. The summed E-state index contributed by atoms with van der Waals surface area (Å²) in [5, 5.41) is 13.2. The number of nitrogens with zero attached hydrogens (tertiary/aromatic N) is 1. The number of carbonyl (C=O) groups excluding carboxylic acids is 1. The molecule has 0 unspecified atom stereocenters. The van der Waals surface area contributed by atoms with Crippen molar-refractivity contribution in [1.29, 1.82) is 0 Å². The number of carbonyl (C=O) groups is 1. The van der Waals surface area contributed by atoms with Crippen molar-refractivity contribution >= 4 is 28.9 Å². The molecular weight excluding hydrogens is 327 g/mol. The maximum atomic E-state index is 13.1. The van der Waals surface area contributed by atoms with Gasteiger partial charge < -0.3 is 10.1 Å². The summed E-state index contributed by atoms with van der Waals surface area (Å²) in [5.41, 5.74) is -0.159. The molecule has 6 nitrogen and oxygen atoms in total. The number of benzene rings is 2. The standard InChI is InChI=1S/C15H12ClFN2O4/c1-9(23-10-6-7-12(17)11(16)8-10)15(20)18-13-4-2-3-5-14(13)19(21)22/h2-9H,1H3,(H,18,20)/t9-/m1/s1. The zero-order valence-electron chi connectivity index (χ0n) is 12.0. The van der Waals surface area contributed by atoms with Gasteiger partial charge in [-0.1, -0.05) is 23.7 Å². The van der Waals surface area contributed by atoms with Crippen molar-refractivity contribution in [3.63, 3.8) is 0 Å². The molecule has 23 heavy (non-hydrogen) atoms. The molecule has 0 saturated carbocycles. The topological polar surface area (TPSA) is 81.5 Å². The van der Waals surface area contributed by atoms with E-state index in [0.717, 1.165) is 6.07 Å². The first-order valence-corrected chi connectivity index (χ1v) is 6.92. The minimum absolute atomic E-state index is 0.0649. The summed E-state index contributed by atoms with van der Waals surface area (Å²) in [7, 11) is 0. The number of nitro groups is 1. The van der Waals surface area contributed by atoms with Crippen molar-refractivity contribution in [3.05, 3.63) is 63.4 Å². The fraction of sp³-hybridized carbons (Fsp3) is 0.133. The van der Waals surface area contributed by atoms with Gasteiger partial charge in [0.15, 0.2) is 6.10 Å². The van der Waals surface area contributed by atoms with Crippen LogP contribution in [0.5, 0.6) is 5.75 Å². The van der Waals surface area contributed by atoms with Gasteiger partial charge in [-0.2, -0.15) is 0 Å². The summed E-state index contributed by atoms with van der Waals surface area (Å²) in [4.78, 5) is 22.4. The van der Waals surface area contributed by atoms with E-state index in [1.165, 1.54) is 37.3 Å². The van der Waals surface area contributed by atoms with E-state index in [0.29, 0.717) is 0 Å². The molecular formula is C15H12ClFN2O4. The average Bonchev–Trinajstić information content (AvgIpc) is 2.51. The normalized spacial score (nSPS) is 11.6. The largest absolute Gasteiger partial charge is 0.481 e. The van der Waals surface area contributed by atoms with Crippen molar-refractivity contribution in [2.45, 2.75) is 13.0 Å². The highest BCUT2D eigenvalue weighted by molar-refractivity contribution is 6.30. The van der Waals surface area contributed by atoms with E-state index < -0.39 is 22.8 Å². The Morgan fingerprint density at radius 3 is 2.70 bits per heavy atom. The Kier molecular flexibility index (Phi) is 5.13. The van der Waals surface area contributed by atoms with Crippen LogP contribution in [0.3, 0.4) is 0 Å². The molecule has 1 amide bonds. The van der Waals surface area contributed by atoms with Crippen molar-refractivity contribution in [2.24, 2.45) is 0 Å². The van der Waals surface area contributed by atoms with Gasteiger partial charge in [0.25, 0.3) is 11.6 Å². The Morgan fingerprint density at radius 1 is 1.35 bits per heavy atom. The minimum atomic E-state index is -0.962. The van der Waals surface area contributed by atoms with Gasteiger partial charge in [0.2, 0.25) is 0 Å². The fourth-order valence-electron chi connectivity index (χ4n) is 1.78. The van der Waals surface area contributed by atoms with Crippen LogP contribution in [-0.4, -0.2) is 16.9 Å². The molecule has 1 atom stereocenters. The van der Waals surface area contributed by atoms with E-state index in [1.807, 2.05) is 0 Å². The summed E-state index contributed by atoms with van der Waals surface area (Å²) in [6.45, 7) is 1.46. The van der Waals surface area contributed by atoms with Crippen LogP contribution in [0.25, 0.3) is 0 Å². The molecule has 0 radical (unpaired) electrons. The molecule has 0 aliphatic rings. The predicted molar refractivity (Wildman–Crippen MR) is 83.2 cm³/mol. The van der Waals surface area contributed by atoms with Crippen LogP contribution >= 0.6 is 11.6 Å². The maximum absolute atomic E-state index is 13.1. The molecule has 2 aromatic rings. The van der Waals surface area contributed by atoms with Crippen molar-refractivity contribution in [1.82, 2.24) is 0 Å². The van der Waals surface area contributed by atoms with Crippen LogP contribution in [0.4, 0.5) is 15.8 Å². The highest BCUT2D eigenvalue weighted by atomic mass is 35.5. The SMILES string of the molecule is C[C@@H](Oc1ccc(F)c(Cl)c1)C(=O)Nc1ccccc1[N+](=O)[O-]. The maximum Gasteiger partial charge on any atom is 0.292 e. The van der Waals surface area contributed by atoms with Gasteiger partial charge in [-0.25, -0.2) is 4.39 Å². The van der Waals surface area contributed by atoms with Gasteiger partial charge >= 0.3 is 0 Å². The zero-order valence-corrected chi connectivity index (χ0v) is 12.7. The summed E-state index contributed by atoms with van der Waals surface area (Å²) in [6, 6.07) is 9.44. The third kappa shape index (κ3) is 4.17. The molecule has 0 aromatic heterocycles. The first-order chi connectivity index (χ1) is 10.9. The van der Waals surface area contributed by atoms with Crippen molar-refractivity contribution in [3.8, 4) is 5.75 Å². The highest BCUT2D eigenvalue weighted by Gasteiger charge is 2.20. The smallest absolute Gasteiger partial charge is 0.292 e. The number of amides is 1. The number of para-hydroxylation sites is 2. The molecule has 2 rings (SSSR count). The Balaban J connectivity index is 2.08. The number of ether oxygens (including phenoxy) is 1. The first-order valence-electron chi connectivity index (χ1n) is 6.54. The van der Waals surface area contributed by atoms with E-state index in [9.17, 15) is 19.3 Å². The number of rotatable bonds is 5. The number of hydrogen-bond acceptors (Lipinski definition) is 4. The molecule has 0 fully saturated rings. The van der Waals surface area contributed by atoms with Crippen LogP contribution in [0, 0.1) is 15.9 Å². The molecule has 0 saturated heterocycles. The summed E-state index contributed by atoms with van der Waals surface area (Å²) in [6.07, 6.45) is -0.962. The quantitative estimate of drug-likeness (QED) is 0.664. The van der Waals surface area contributed by atoms with Gasteiger partial charge in [0.05, 0.1) is 9.95 Å². The lowest BCUT2D eigenvalue weighted by Crippen LogP contribution is -2.30. The van der Waals surface area contributed by atoms with Gasteiger partial charge in [0, 0.05) is 12.1 Å². The third-order valence-electron chi connectivity index (χ3n) is 2.93. The second-order valence-corrected chi connectivity index (χ2v) is 5.01. The van der Waals surface area contributed by atoms with Crippen LogP contribution in [0.1, 0.15) is 6.92 Å². The highest BCUT2D eigenvalue weighted by Crippen LogP contribution is 2.25. The second-order valence-electron chi connectivity index (χ2n) is 4.60. The predicted octanol–water partition coefficient (Wildman–Crippen LogP) is 3.79. The van der Waals surface area contributed by atoms with Gasteiger partial charge in [-0.15, -0.1) is 0 Å². The van der Waals surface area contributed by atoms with E-state index in [1.54, 1.807) is 6.07 Å². The zero-order chi connectivity index (χ0) is 17.0. The lowest BCUT2D eigenvalue weighted by molar-refractivity contribution is -0.383. The van der Waals surface area contributed by atoms with E-state index in [-0.39, 0.29) is 22.1 Å². The lowest BCUT2D eigenvalue weighted by atomic mass is 10.2. The molecule has 0 spiro atoms. The minimum Gasteiger partial charge on any atom is -0.481 e. The number of nitrogens with one attached hydrogen (secondary N) is 1. The number of anilines is 1. The van der Waals surface area contributed by atoms with Gasteiger partial charge in [-0.3, -0.25) is 14.9 Å². The van der Waals surface area contributed by atoms with E-state index >= 15 is 0 Å². The molecule has 0 aliphatic carbocycles. The Hall–Kier alpha value is -2.67. The van der Waals surface area contributed by atoms with Crippen LogP contribution < -0.4 is 10.1 Å². The van der Waals surface area contributed by atoms with Gasteiger partial charge in [-0.05, 0) is 25.1 Å². The Bertz CT molecular complexity index is 754. The molecule has 0 bridgehead atoms. The molecule has 120 valence electrons. The summed E-state index contributed by atoms with van der Waals surface area (Å²) >= 11 is 5.63. The fourth-order valence-corrected chi connectivity index (χ4v) is 1.95. The molecule has 2 aromatic carbocycles. The number of nitro benzene ring substituents is 1. The third-order valence-corrected chi connectivity index (χ3v) is 3.22. The lowest BCUT2D eigenvalue weighted by Gasteiger charge is -2.15. The Morgan fingerprint density at radius 2 is 2.04 bits per heavy atom. The van der Waals surface area contributed by atoms with Crippen molar-refractivity contribution in [2.75, 3.05) is 5.32 Å². The monoisotopic (exact) mass is 338 g/mol. The van der Waals surface area contributed by atoms with Crippen LogP contribution in [0.15, 0.2) is 42.5 Å². The molecule has 0 heterocycles. The van der Waals surface area contributed by atoms with E-state index in [4.69, 9.17) is 16.3 Å². The average molecular weight is 339 g/mol. The van der Waals surface area contributed by atoms with Crippen molar-refractivity contribution < 1.29 is 18.8 Å².